The highest BCUT2D eigenvalue weighted by Gasteiger charge is 2.17. The van der Waals surface area contributed by atoms with Gasteiger partial charge >= 0.3 is 0 Å². The maximum Gasteiger partial charge on any atom is 0.0914 e. The topological polar surface area (TPSA) is 44.3 Å². The normalized spacial score (nSPS) is 18.9. The van der Waals surface area contributed by atoms with Crippen LogP contribution in [0.2, 0.25) is 0 Å². The molecular formula is C11H16N2O. The van der Waals surface area contributed by atoms with Gasteiger partial charge in [0.2, 0.25) is 0 Å². The third-order valence-electron chi connectivity index (χ3n) is 2.57. The highest BCUT2D eigenvalue weighted by Crippen LogP contribution is 2.10. The van der Waals surface area contributed by atoms with Crippen LogP contribution in [-0.2, 0) is 0 Å². The summed E-state index contributed by atoms with van der Waals surface area (Å²) in [5.74, 6) is 0. The average Bonchev–Trinajstić information content (AvgIpc) is 2.16. The van der Waals surface area contributed by atoms with Crippen LogP contribution in [-0.4, -0.2) is 30.8 Å². The van der Waals surface area contributed by atoms with Gasteiger partial charge in [-0.2, -0.15) is 0 Å². The predicted octanol–water partition coefficient (Wildman–Crippen LogP) is 0.281. The summed E-state index contributed by atoms with van der Waals surface area (Å²) in [5.41, 5.74) is 0.979. The Labute approximate surface area is 84.1 Å². The van der Waals surface area contributed by atoms with E-state index in [9.17, 15) is 5.11 Å². The van der Waals surface area contributed by atoms with E-state index in [4.69, 9.17) is 0 Å². The molecule has 1 aliphatic rings. The number of rotatable bonds is 4. The van der Waals surface area contributed by atoms with Crippen molar-refractivity contribution in [2.45, 2.75) is 12.1 Å². The van der Waals surface area contributed by atoms with E-state index in [1.807, 2.05) is 30.3 Å². The Morgan fingerprint density at radius 3 is 2.64 bits per heavy atom. The minimum Gasteiger partial charge on any atom is -0.387 e. The van der Waals surface area contributed by atoms with Gasteiger partial charge in [-0.15, -0.1) is 0 Å². The van der Waals surface area contributed by atoms with Crippen molar-refractivity contribution in [3.8, 4) is 0 Å². The Hall–Kier alpha value is -0.900. The lowest BCUT2D eigenvalue weighted by molar-refractivity contribution is 0.164. The van der Waals surface area contributed by atoms with E-state index >= 15 is 0 Å². The molecule has 1 fully saturated rings. The highest BCUT2D eigenvalue weighted by molar-refractivity contribution is 5.17. The van der Waals surface area contributed by atoms with E-state index in [2.05, 4.69) is 10.6 Å². The molecule has 0 radical (unpaired) electrons. The Morgan fingerprint density at radius 2 is 2.07 bits per heavy atom. The lowest BCUT2D eigenvalue weighted by Crippen LogP contribution is -2.56. The molecule has 1 aliphatic heterocycles. The lowest BCUT2D eigenvalue weighted by atomic mass is 10.1. The summed E-state index contributed by atoms with van der Waals surface area (Å²) in [7, 11) is 0. The molecule has 3 heteroatoms. The second kappa shape index (κ2) is 4.55. The summed E-state index contributed by atoms with van der Waals surface area (Å²) in [6, 6.07) is 10.3. The van der Waals surface area contributed by atoms with Gasteiger partial charge in [-0.3, -0.25) is 0 Å². The van der Waals surface area contributed by atoms with Crippen LogP contribution in [0.5, 0.6) is 0 Å². The Bertz CT molecular complexity index is 272. The van der Waals surface area contributed by atoms with E-state index in [0.717, 1.165) is 18.7 Å². The smallest absolute Gasteiger partial charge is 0.0914 e. The average molecular weight is 192 g/mol. The minimum absolute atomic E-state index is 0.392. The summed E-state index contributed by atoms with van der Waals surface area (Å²) in [5, 5.41) is 16.3. The molecule has 0 aromatic heterocycles. The monoisotopic (exact) mass is 192 g/mol. The first-order valence-electron chi connectivity index (χ1n) is 5.03. The van der Waals surface area contributed by atoms with Gasteiger partial charge in [0.25, 0.3) is 0 Å². The van der Waals surface area contributed by atoms with E-state index in [1.54, 1.807) is 0 Å². The Balaban J connectivity index is 1.80. The fraction of sp³-hybridized carbons (Fsp3) is 0.455. The molecule has 3 nitrogen and oxygen atoms in total. The number of aliphatic hydroxyl groups is 1. The first-order valence-corrected chi connectivity index (χ1v) is 5.03. The molecule has 0 spiro atoms. The number of aliphatic hydroxyl groups excluding tert-OH is 1. The van der Waals surface area contributed by atoms with Gasteiger partial charge in [0.15, 0.2) is 0 Å². The second-order valence-electron chi connectivity index (χ2n) is 3.69. The maximum atomic E-state index is 9.81. The van der Waals surface area contributed by atoms with Crippen molar-refractivity contribution >= 4 is 0 Å². The summed E-state index contributed by atoms with van der Waals surface area (Å²) < 4.78 is 0. The van der Waals surface area contributed by atoms with Gasteiger partial charge < -0.3 is 15.7 Å². The first kappa shape index (κ1) is 9.65. The third-order valence-corrected chi connectivity index (χ3v) is 2.57. The molecular weight excluding hydrogens is 176 g/mol. The zero-order chi connectivity index (χ0) is 9.80. The minimum atomic E-state index is -0.392. The van der Waals surface area contributed by atoms with Crippen molar-refractivity contribution in [1.29, 1.82) is 0 Å². The Kier molecular flexibility index (Phi) is 3.14. The van der Waals surface area contributed by atoms with Gasteiger partial charge in [-0.25, -0.2) is 0 Å². The zero-order valence-corrected chi connectivity index (χ0v) is 8.11. The number of benzene rings is 1. The van der Waals surface area contributed by atoms with Crippen LogP contribution in [0.15, 0.2) is 30.3 Å². The van der Waals surface area contributed by atoms with E-state index in [0.29, 0.717) is 12.6 Å². The van der Waals surface area contributed by atoms with E-state index < -0.39 is 6.10 Å². The highest BCUT2D eigenvalue weighted by atomic mass is 16.3. The van der Waals surface area contributed by atoms with Gasteiger partial charge in [0, 0.05) is 25.7 Å². The molecule has 1 unspecified atom stereocenters. The zero-order valence-electron chi connectivity index (χ0n) is 8.11. The van der Waals surface area contributed by atoms with Gasteiger partial charge in [0.05, 0.1) is 6.10 Å². The van der Waals surface area contributed by atoms with Crippen molar-refractivity contribution < 1.29 is 5.11 Å². The van der Waals surface area contributed by atoms with Crippen LogP contribution in [0.3, 0.4) is 0 Å². The van der Waals surface area contributed by atoms with E-state index in [1.165, 1.54) is 0 Å². The number of hydrogen-bond donors (Lipinski definition) is 3. The fourth-order valence-electron chi connectivity index (χ4n) is 1.50. The SMILES string of the molecule is OC(CNC1CNC1)c1ccccc1. The lowest BCUT2D eigenvalue weighted by Gasteiger charge is -2.29. The van der Waals surface area contributed by atoms with Crippen molar-refractivity contribution in [3.05, 3.63) is 35.9 Å². The third kappa shape index (κ3) is 2.32. The molecule has 1 saturated heterocycles. The molecule has 2 rings (SSSR count). The van der Waals surface area contributed by atoms with Gasteiger partial charge in [-0.1, -0.05) is 30.3 Å². The number of hydrogen-bond acceptors (Lipinski definition) is 3. The maximum absolute atomic E-state index is 9.81. The van der Waals surface area contributed by atoms with Crippen LogP contribution in [0.25, 0.3) is 0 Å². The molecule has 3 N–H and O–H groups in total. The number of nitrogens with one attached hydrogen (secondary N) is 2. The quantitative estimate of drug-likeness (QED) is 0.642. The largest absolute Gasteiger partial charge is 0.387 e. The van der Waals surface area contributed by atoms with Gasteiger partial charge in [-0.05, 0) is 5.56 Å². The van der Waals surface area contributed by atoms with Crippen molar-refractivity contribution in [2.75, 3.05) is 19.6 Å². The van der Waals surface area contributed by atoms with Crippen LogP contribution in [0.4, 0.5) is 0 Å². The molecule has 1 atom stereocenters. The molecule has 0 aliphatic carbocycles. The summed E-state index contributed by atoms with van der Waals surface area (Å²) >= 11 is 0. The molecule has 76 valence electrons. The van der Waals surface area contributed by atoms with Crippen molar-refractivity contribution in [2.24, 2.45) is 0 Å². The first-order chi connectivity index (χ1) is 6.86. The molecule has 0 bridgehead atoms. The van der Waals surface area contributed by atoms with Gasteiger partial charge in [0.1, 0.15) is 0 Å². The standard InChI is InChI=1S/C11H16N2O/c14-11(8-13-10-6-12-7-10)9-4-2-1-3-5-9/h1-5,10-14H,6-8H2. The van der Waals surface area contributed by atoms with Crippen molar-refractivity contribution in [3.63, 3.8) is 0 Å². The summed E-state index contributed by atoms with van der Waals surface area (Å²) in [4.78, 5) is 0. The predicted molar refractivity (Wildman–Crippen MR) is 56.1 cm³/mol. The molecule has 0 saturated carbocycles. The van der Waals surface area contributed by atoms with Crippen LogP contribution in [0, 0.1) is 0 Å². The molecule has 1 aromatic rings. The summed E-state index contributed by atoms with van der Waals surface area (Å²) in [6.45, 7) is 2.67. The molecule has 14 heavy (non-hydrogen) atoms. The fourth-order valence-corrected chi connectivity index (χ4v) is 1.50. The van der Waals surface area contributed by atoms with E-state index in [-0.39, 0.29) is 0 Å². The Morgan fingerprint density at radius 1 is 1.36 bits per heavy atom. The molecule has 1 aromatic carbocycles. The molecule has 0 amide bonds. The van der Waals surface area contributed by atoms with Crippen LogP contribution >= 0.6 is 0 Å². The van der Waals surface area contributed by atoms with Crippen LogP contribution in [0.1, 0.15) is 11.7 Å². The molecule has 1 heterocycles. The van der Waals surface area contributed by atoms with Crippen molar-refractivity contribution in [1.82, 2.24) is 10.6 Å². The second-order valence-corrected chi connectivity index (χ2v) is 3.69. The summed E-state index contributed by atoms with van der Waals surface area (Å²) in [6.07, 6.45) is -0.392. The van der Waals surface area contributed by atoms with Crippen LogP contribution < -0.4 is 10.6 Å².